The number of anilines is 2. The van der Waals surface area contributed by atoms with Crippen LogP contribution < -0.4 is 10.2 Å². The molecule has 2 aromatic rings. The zero-order valence-electron chi connectivity index (χ0n) is 16.2. The van der Waals surface area contributed by atoms with Gasteiger partial charge in [0.05, 0.1) is 16.9 Å². The molecule has 0 spiro atoms. The van der Waals surface area contributed by atoms with Gasteiger partial charge in [-0.25, -0.2) is 0 Å². The topological polar surface area (TPSA) is 49.4 Å². The van der Waals surface area contributed by atoms with Gasteiger partial charge in [0, 0.05) is 31.5 Å². The summed E-state index contributed by atoms with van der Waals surface area (Å²) in [6.45, 7) is 3.38. The maximum absolute atomic E-state index is 13.1. The van der Waals surface area contributed by atoms with Gasteiger partial charge >= 0.3 is 6.18 Å². The Kier molecular flexibility index (Phi) is 6.25. The van der Waals surface area contributed by atoms with Gasteiger partial charge in [-0.15, -0.1) is 0 Å². The van der Waals surface area contributed by atoms with Crippen molar-refractivity contribution < 1.29 is 22.8 Å². The van der Waals surface area contributed by atoms with Crippen LogP contribution in [0.15, 0.2) is 42.5 Å². The Morgan fingerprint density at radius 3 is 2.28 bits per heavy atom. The lowest BCUT2D eigenvalue weighted by Crippen LogP contribution is -2.22. The maximum Gasteiger partial charge on any atom is 0.416 e. The number of nitrogens with one attached hydrogen (secondary N) is 1. The molecule has 7 heteroatoms. The summed E-state index contributed by atoms with van der Waals surface area (Å²) in [6, 6.07) is 10.4. The summed E-state index contributed by atoms with van der Waals surface area (Å²) in [6.07, 6.45) is -2.68. The summed E-state index contributed by atoms with van der Waals surface area (Å²) < 4.78 is 39.3. The number of hydrogen-bond acceptors (Lipinski definition) is 3. The summed E-state index contributed by atoms with van der Waals surface area (Å²) in [7, 11) is 0. The number of Topliss-reactive ketones (excluding diaryl/α,β-unsaturated/α-hetero) is 1. The molecular formula is C22H23F3N2O2. The molecule has 0 aliphatic carbocycles. The Morgan fingerprint density at radius 1 is 1.00 bits per heavy atom. The minimum Gasteiger partial charge on any atom is -0.370 e. The van der Waals surface area contributed by atoms with E-state index in [1.807, 2.05) is 24.0 Å². The first-order valence-electron chi connectivity index (χ1n) is 9.60. The molecule has 1 saturated heterocycles. The van der Waals surface area contributed by atoms with Crippen LogP contribution >= 0.6 is 0 Å². The molecule has 29 heavy (non-hydrogen) atoms. The number of carbonyl (C=O) groups is 2. The van der Waals surface area contributed by atoms with E-state index in [-0.39, 0.29) is 24.3 Å². The third kappa shape index (κ3) is 5.37. The van der Waals surface area contributed by atoms with E-state index in [1.54, 1.807) is 12.1 Å². The Labute approximate surface area is 167 Å². The van der Waals surface area contributed by atoms with E-state index in [0.717, 1.165) is 43.6 Å². The predicted molar refractivity (Wildman–Crippen MR) is 106 cm³/mol. The Balaban J connectivity index is 1.70. The molecule has 0 atom stereocenters. The van der Waals surface area contributed by atoms with Gasteiger partial charge in [-0.05, 0) is 38.0 Å². The normalized spacial score (nSPS) is 14.1. The molecular weight excluding hydrogens is 381 g/mol. The zero-order chi connectivity index (χ0) is 21.0. The molecule has 0 radical (unpaired) electrons. The van der Waals surface area contributed by atoms with E-state index in [1.165, 1.54) is 6.07 Å². The van der Waals surface area contributed by atoms with E-state index in [9.17, 15) is 22.8 Å². The molecule has 3 rings (SSSR count). The standard InChI is InChI=1S/C22H23F3N2O2/c1-15-4-6-16(7-5-15)20(28)10-11-21(29)26-18-14-17(22(23,24)25)8-9-19(18)27-12-2-3-13-27/h4-9,14H,2-3,10-13H2,1H3,(H,26,29). The molecule has 4 nitrogen and oxygen atoms in total. The monoisotopic (exact) mass is 404 g/mol. The molecule has 1 amide bonds. The number of alkyl halides is 3. The van der Waals surface area contributed by atoms with Crippen molar-refractivity contribution in [3.8, 4) is 0 Å². The van der Waals surface area contributed by atoms with Gasteiger partial charge in [0.25, 0.3) is 0 Å². The van der Waals surface area contributed by atoms with E-state index in [4.69, 9.17) is 0 Å². The fourth-order valence-electron chi connectivity index (χ4n) is 3.37. The van der Waals surface area contributed by atoms with Crippen molar-refractivity contribution in [3.63, 3.8) is 0 Å². The lowest BCUT2D eigenvalue weighted by molar-refractivity contribution is -0.137. The number of amides is 1. The van der Waals surface area contributed by atoms with Crippen molar-refractivity contribution in [2.24, 2.45) is 0 Å². The third-order valence-corrected chi connectivity index (χ3v) is 5.00. The van der Waals surface area contributed by atoms with Gasteiger partial charge in [0.1, 0.15) is 0 Å². The van der Waals surface area contributed by atoms with Crippen LogP contribution in [-0.2, 0) is 11.0 Å². The van der Waals surface area contributed by atoms with Crippen molar-refractivity contribution in [3.05, 3.63) is 59.2 Å². The zero-order valence-corrected chi connectivity index (χ0v) is 16.2. The van der Waals surface area contributed by atoms with Gasteiger partial charge in [-0.1, -0.05) is 29.8 Å². The van der Waals surface area contributed by atoms with Crippen LogP contribution in [0, 0.1) is 6.92 Å². The molecule has 1 aliphatic rings. The number of carbonyl (C=O) groups excluding carboxylic acids is 2. The van der Waals surface area contributed by atoms with Crippen LogP contribution in [0.25, 0.3) is 0 Å². The highest BCUT2D eigenvalue weighted by atomic mass is 19.4. The van der Waals surface area contributed by atoms with E-state index in [0.29, 0.717) is 11.3 Å². The smallest absolute Gasteiger partial charge is 0.370 e. The molecule has 1 fully saturated rings. The summed E-state index contributed by atoms with van der Waals surface area (Å²) in [5.74, 6) is -0.658. The van der Waals surface area contributed by atoms with Crippen LogP contribution in [0.2, 0.25) is 0 Å². The van der Waals surface area contributed by atoms with Gasteiger partial charge < -0.3 is 10.2 Å². The fraction of sp³-hybridized carbons (Fsp3) is 0.364. The average Bonchev–Trinajstić information content (AvgIpc) is 3.20. The van der Waals surface area contributed by atoms with Gasteiger partial charge in [0.15, 0.2) is 5.78 Å². The second kappa shape index (κ2) is 8.68. The molecule has 0 unspecified atom stereocenters. The lowest BCUT2D eigenvalue weighted by Gasteiger charge is -2.23. The predicted octanol–water partition coefficient (Wildman–Crippen LogP) is 5.22. The molecule has 1 heterocycles. The van der Waals surface area contributed by atoms with Crippen LogP contribution in [-0.4, -0.2) is 24.8 Å². The quantitative estimate of drug-likeness (QED) is 0.672. The van der Waals surface area contributed by atoms with Crippen molar-refractivity contribution in [1.82, 2.24) is 0 Å². The van der Waals surface area contributed by atoms with Crippen molar-refractivity contribution in [1.29, 1.82) is 0 Å². The van der Waals surface area contributed by atoms with E-state index in [2.05, 4.69) is 5.32 Å². The number of nitrogens with zero attached hydrogens (tertiary/aromatic N) is 1. The number of benzene rings is 2. The molecule has 1 aliphatic heterocycles. The largest absolute Gasteiger partial charge is 0.416 e. The Morgan fingerprint density at radius 2 is 1.66 bits per heavy atom. The number of aryl methyl sites for hydroxylation is 1. The summed E-state index contributed by atoms with van der Waals surface area (Å²) >= 11 is 0. The first kappa shape index (κ1) is 20.9. The first-order chi connectivity index (χ1) is 13.7. The van der Waals surface area contributed by atoms with Crippen LogP contribution in [0.5, 0.6) is 0 Å². The van der Waals surface area contributed by atoms with Crippen molar-refractivity contribution in [2.45, 2.75) is 38.8 Å². The average molecular weight is 404 g/mol. The van der Waals surface area contributed by atoms with Gasteiger partial charge in [0.2, 0.25) is 5.91 Å². The number of halogens is 3. The summed E-state index contributed by atoms with van der Waals surface area (Å²) in [5, 5.41) is 2.58. The molecule has 0 bridgehead atoms. The lowest BCUT2D eigenvalue weighted by atomic mass is 10.0. The highest BCUT2D eigenvalue weighted by Gasteiger charge is 2.32. The van der Waals surface area contributed by atoms with Crippen LogP contribution in [0.3, 0.4) is 0 Å². The fourth-order valence-corrected chi connectivity index (χ4v) is 3.37. The van der Waals surface area contributed by atoms with Gasteiger partial charge in [-0.3, -0.25) is 9.59 Å². The minimum absolute atomic E-state index is 0.00704. The van der Waals surface area contributed by atoms with E-state index >= 15 is 0 Å². The first-order valence-corrected chi connectivity index (χ1v) is 9.60. The number of hydrogen-bond donors (Lipinski definition) is 1. The van der Waals surface area contributed by atoms with Crippen LogP contribution in [0.1, 0.15) is 47.2 Å². The van der Waals surface area contributed by atoms with E-state index < -0.39 is 17.6 Å². The minimum atomic E-state index is -4.50. The molecule has 2 aromatic carbocycles. The Bertz CT molecular complexity index is 886. The molecule has 1 N–H and O–H groups in total. The number of ketones is 1. The number of rotatable bonds is 6. The maximum atomic E-state index is 13.1. The molecule has 0 aromatic heterocycles. The molecule has 154 valence electrons. The highest BCUT2D eigenvalue weighted by Crippen LogP contribution is 2.36. The third-order valence-electron chi connectivity index (χ3n) is 5.00. The summed E-state index contributed by atoms with van der Waals surface area (Å²) in [4.78, 5) is 26.6. The Hall–Kier alpha value is -2.83. The highest BCUT2D eigenvalue weighted by molar-refractivity contribution is 6.01. The summed E-state index contributed by atoms with van der Waals surface area (Å²) in [5.41, 5.74) is 1.44. The van der Waals surface area contributed by atoms with Crippen molar-refractivity contribution >= 4 is 23.1 Å². The van der Waals surface area contributed by atoms with Crippen molar-refractivity contribution in [2.75, 3.05) is 23.3 Å². The van der Waals surface area contributed by atoms with Crippen LogP contribution in [0.4, 0.5) is 24.5 Å². The SMILES string of the molecule is Cc1ccc(C(=O)CCC(=O)Nc2cc(C(F)(F)F)ccc2N2CCCC2)cc1. The second-order valence-electron chi connectivity index (χ2n) is 7.26. The molecule has 0 saturated carbocycles. The second-order valence-corrected chi connectivity index (χ2v) is 7.26. The van der Waals surface area contributed by atoms with Gasteiger partial charge in [-0.2, -0.15) is 13.2 Å².